The van der Waals surface area contributed by atoms with E-state index < -0.39 is 9.84 Å². The standard InChI is InChI=1S/C11H23NO2S/c1-3-9-5-6-10(8-12)11(7-9)15(13,14)4-2/h9-11H,3-8,12H2,1-2H3. The molecule has 1 aliphatic carbocycles. The van der Waals surface area contributed by atoms with Gasteiger partial charge in [0.25, 0.3) is 0 Å². The smallest absolute Gasteiger partial charge is 0.153 e. The zero-order valence-electron chi connectivity index (χ0n) is 9.78. The fraction of sp³-hybridized carbons (Fsp3) is 1.00. The third-order valence-corrected chi connectivity index (χ3v) is 6.09. The van der Waals surface area contributed by atoms with Crippen molar-refractivity contribution in [1.29, 1.82) is 0 Å². The highest BCUT2D eigenvalue weighted by atomic mass is 32.2. The molecule has 3 atom stereocenters. The molecule has 0 radical (unpaired) electrons. The lowest BCUT2D eigenvalue weighted by Gasteiger charge is -2.34. The molecule has 2 N–H and O–H groups in total. The van der Waals surface area contributed by atoms with Gasteiger partial charge in [0.05, 0.1) is 5.25 Å². The molecule has 1 fully saturated rings. The Labute approximate surface area is 93.3 Å². The number of sulfone groups is 1. The van der Waals surface area contributed by atoms with Gasteiger partial charge in [0, 0.05) is 5.75 Å². The SMILES string of the molecule is CCC1CCC(CN)C(S(=O)(=O)CC)C1. The molecule has 3 nitrogen and oxygen atoms in total. The van der Waals surface area contributed by atoms with Crippen LogP contribution in [0.2, 0.25) is 0 Å². The van der Waals surface area contributed by atoms with Crippen LogP contribution in [0.5, 0.6) is 0 Å². The normalized spacial score (nSPS) is 32.9. The molecule has 4 heteroatoms. The Morgan fingerprint density at radius 1 is 1.27 bits per heavy atom. The zero-order chi connectivity index (χ0) is 11.5. The average molecular weight is 233 g/mol. The lowest BCUT2D eigenvalue weighted by Crippen LogP contribution is -2.40. The van der Waals surface area contributed by atoms with Crippen LogP contribution < -0.4 is 5.73 Å². The van der Waals surface area contributed by atoms with Crippen LogP contribution in [0.3, 0.4) is 0 Å². The molecule has 0 bridgehead atoms. The van der Waals surface area contributed by atoms with Gasteiger partial charge < -0.3 is 5.73 Å². The van der Waals surface area contributed by atoms with E-state index in [4.69, 9.17) is 5.73 Å². The zero-order valence-corrected chi connectivity index (χ0v) is 10.6. The maximum absolute atomic E-state index is 11.9. The van der Waals surface area contributed by atoms with Gasteiger partial charge in [0.15, 0.2) is 9.84 Å². The van der Waals surface area contributed by atoms with E-state index in [2.05, 4.69) is 6.92 Å². The Balaban J connectivity index is 2.80. The van der Waals surface area contributed by atoms with E-state index in [1.165, 1.54) is 0 Å². The van der Waals surface area contributed by atoms with E-state index in [-0.39, 0.29) is 16.9 Å². The lowest BCUT2D eigenvalue weighted by atomic mass is 9.80. The summed E-state index contributed by atoms with van der Waals surface area (Å²) in [6.45, 7) is 4.39. The van der Waals surface area contributed by atoms with E-state index >= 15 is 0 Å². The molecule has 0 saturated heterocycles. The Morgan fingerprint density at radius 2 is 1.93 bits per heavy atom. The molecule has 0 amide bonds. The van der Waals surface area contributed by atoms with Crippen molar-refractivity contribution < 1.29 is 8.42 Å². The maximum Gasteiger partial charge on any atom is 0.153 e. The quantitative estimate of drug-likeness (QED) is 0.802. The van der Waals surface area contributed by atoms with Gasteiger partial charge in [-0.05, 0) is 31.2 Å². The second-order valence-corrected chi connectivity index (χ2v) is 7.08. The first kappa shape index (κ1) is 13.0. The minimum atomic E-state index is -2.91. The van der Waals surface area contributed by atoms with E-state index in [0.29, 0.717) is 12.5 Å². The number of rotatable bonds is 4. The fourth-order valence-electron chi connectivity index (χ4n) is 2.57. The molecular weight excluding hydrogens is 210 g/mol. The summed E-state index contributed by atoms with van der Waals surface area (Å²) in [6, 6.07) is 0. The van der Waals surface area contributed by atoms with Crippen molar-refractivity contribution >= 4 is 9.84 Å². The molecule has 0 heterocycles. The Kier molecular flexibility index (Phi) is 4.59. The van der Waals surface area contributed by atoms with Crippen LogP contribution in [-0.2, 0) is 9.84 Å². The number of hydrogen-bond donors (Lipinski definition) is 1. The molecule has 0 aromatic carbocycles. The molecular formula is C11H23NO2S. The predicted molar refractivity (Wildman–Crippen MR) is 63.4 cm³/mol. The summed E-state index contributed by atoms with van der Waals surface area (Å²) < 4.78 is 23.9. The average Bonchev–Trinajstić information content (AvgIpc) is 2.28. The summed E-state index contributed by atoms with van der Waals surface area (Å²) in [5, 5.41) is -0.175. The molecule has 0 aromatic heterocycles. The van der Waals surface area contributed by atoms with E-state index in [1.807, 2.05) is 0 Å². The fourth-order valence-corrected chi connectivity index (χ4v) is 4.40. The van der Waals surface area contributed by atoms with Gasteiger partial charge in [-0.15, -0.1) is 0 Å². The minimum Gasteiger partial charge on any atom is -0.330 e. The monoisotopic (exact) mass is 233 g/mol. The highest BCUT2D eigenvalue weighted by molar-refractivity contribution is 7.92. The van der Waals surface area contributed by atoms with Crippen LogP contribution in [0.25, 0.3) is 0 Å². The van der Waals surface area contributed by atoms with Crippen molar-refractivity contribution in [3.8, 4) is 0 Å². The van der Waals surface area contributed by atoms with Gasteiger partial charge in [-0.1, -0.05) is 26.7 Å². The van der Waals surface area contributed by atoms with Crippen molar-refractivity contribution in [3.05, 3.63) is 0 Å². The molecule has 0 aliphatic heterocycles. The topological polar surface area (TPSA) is 60.2 Å². The van der Waals surface area contributed by atoms with Gasteiger partial charge in [-0.25, -0.2) is 8.42 Å². The van der Waals surface area contributed by atoms with Gasteiger partial charge in [-0.2, -0.15) is 0 Å². The summed E-state index contributed by atoms with van der Waals surface area (Å²) in [5.74, 6) is 1.03. The van der Waals surface area contributed by atoms with Crippen molar-refractivity contribution in [2.24, 2.45) is 17.6 Å². The third-order valence-electron chi connectivity index (χ3n) is 3.78. The molecule has 0 aromatic rings. The Morgan fingerprint density at radius 3 is 2.40 bits per heavy atom. The molecule has 1 aliphatic rings. The molecule has 1 saturated carbocycles. The molecule has 0 spiro atoms. The second kappa shape index (κ2) is 5.30. The van der Waals surface area contributed by atoms with Crippen LogP contribution >= 0.6 is 0 Å². The summed E-state index contributed by atoms with van der Waals surface area (Å²) in [6.07, 6.45) is 4.05. The van der Waals surface area contributed by atoms with Crippen molar-refractivity contribution in [1.82, 2.24) is 0 Å². The first-order valence-corrected chi connectivity index (χ1v) is 7.68. The van der Waals surface area contributed by atoms with Crippen LogP contribution in [0.4, 0.5) is 0 Å². The predicted octanol–water partition coefficient (Wildman–Crippen LogP) is 1.57. The van der Waals surface area contributed by atoms with Gasteiger partial charge in [0.2, 0.25) is 0 Å². The Bertz CT molecular complexity index is 287. The van der Waals surface area contributed by atoms with E-state index in [9.17, 15) is 8.42 Å². The number of nitrogens with two attached hydrogens (primary N) is 1. The summed E-state index contributed by atoms with van der Waals surface area (Å²) in [5.41, 5.74) is 5.67. The summed E-state index contributed by atoms with van der Waals surface area (Å²) in [7, 11) is -2.91. The van der Waals surface area contributed by atoms with Crippen molar-refractivity contribution in [2.75, 3.05) is 12.3 Å². The van der Waals surface area contributed by atoms with Gasteiger partial charge in [0.1, 0.15) is 0 Å². The van der Waals surface area contributed by atoms with Crippen LogP contribution in [0, 0.1) is 11.8 Å². The molecule has 15 heavy (non-hydrogen) atoms. The van der Waals surface area contributed by atoms with E-state index in [0.717, 1.165) is 25.7 Å². The first-order chi connectivity index (χ1) is 7.05. The molecule has 90 valence electrons. The highest BCUT2D eigenvalue weighted by Gasteiger charge is 2.36. The maximum atomic E-state index is 11.9. The van der Waals surface area contributed by atoms with Crippen molar-refractivity contribution in [3.63, 3.8) is 0 Å². The minimum absolute atomic E-state index is 0.175. The Hall–Kier alpha value is -0.0900. The first-order valence-electron chi connectivity index (χ1n) is 5.96. The van der Waals surface area contributed by atoms with Crippen LogP contribution in [-0.4, -0.2) is 26.0 Å². The summed E-state index contributed by atoms with van der Waals surface area (Å²) >= 11 is 0. The highest BCUT2D eigenvalue weighted by Crippen LogP contribution is 2.34. The van der Waals surface area contributed by atoms with Crippen LogP contribution in [0.1, 0.15) is 39.5 Å². The largest absolute Gasteiger partial charge is 0.330 e. The summed E-state index contributed by atoms with van der Waals surface area (Å²) in [4.78, 5) is 0. The van der Waals surface area contributed by atoms with Gasteiger partial charge in [-0.3, -0.25) is 0 Å². The van der Waals surface area contributed by atoms with Crippen LogP contribution in [0.15, 0.2) is 0 Å². The number of hydrogen-bond acceptors (Lipinski definition) is 3. The molecule has 3 unspecified atom stereocenters. The lowest BCUT2D eigenvalue weighted by molar-refractivity contribution is 0.275. The molecule has 1 rings (SSSR count). The third kappa shape index (κ3) is 2.94. The van der Waals surface area contributed by atoms with Gasteiger partial charge >= 0.3 is 0 Å². The second-order valence-electron chi connectivity index (χ2n) is 4.57. The van der Waals surface area contributed by atoms with Crippen molar-refractivity contribution in [2.45, 2.75) is 44.8 Å². The van der Waals surface area contributed by atoms with E-state index in [1.54, 1.807) is 6.92 Å².